The molecule has 1 unspecified atom stereocenters. The highest BCUT2D eigenvalue weighted by molar-refractivity contribution is 5.68. The average Bonchev–Trinajstić information content (AvgIpc) is 2.36. The molecule has 1 aromatic carbocycles. The van der Waals surface area contributed by atoms with Crippen LogP contribution in [0, 0.1) is 0 Å². The first-order chi connectivity index (χ1) is 10.3. The van der Waals surface area contributed by atoms with Crippen molar-refractivity contribution in [2.45, 2.75) is 51.5 Å². The largest absolute Gasteiger partial charge is 0.444 e. The van der Waals surface area contributed by atoms with E-state index in [1.807, 2.05) is 39.0 Å². The number of rotatable bonds is 3. The van der Waals surface area contributed by atoms with Crippen LogP contribution in [-0.4, -0.2) is 46.9 Å². The SMILES string of the molecule is CC(C)(C)OC(=O)NC1C[C@@H](O)CN(Cc2ccccc2)C1. The molecule has 1 saturated heterocycles. The van der Waals surface area contributed by atoms with Crippen molar-refractivity contribution in [3.63, 3.8) is 0 Å². The van der Waals surface area contributed by atoms with Gasteiger partial charge in [-0.05, 0) is 32.8 Å². The van der Waals surface area contributed by atoms with Crippen molar-refractivity contribution < 1.29 is 14.6 Å². The summed E-state index contributed by atoms with van der Waals surface area (Å²) in [6, 6.07) is 10.0. The lowest BCUT2D eigenvalue weighted by atomic mass is 10.0. The summed E-state index contributed by atoms with van der Waals surface area (Å²) in [6.07, 6.45) is -0.298. The third-order valence-corrected chi connectivity index (χ3v) is 3.47. The molecule has 2 atom stereocenters. The van der Waals surface area contributed by atoms with E-state index in [0.717, 1.165) is 6.54 Å². The third kappa shape index (κ3) is 5.66. The van der Waals surface area contributed by atoms with E-state index in [2.05, 4.69) is 22.3 Å². The van der Waals surface area contributed by atoms with Gasteiger partial charge in [0.25, 0.3) is 0 Å². The lowest BCUT2D eigenvalue weighted by Gasteiger charge is -2.36. The number of ether oxygens (including phenoxy) is 1. The van der Waals surface area contributed by atoms with Crippen LogP contribution in [0.1, 0.15) is 32.8 Å². The summed E-state index contributed by atoms with van der Waals surface area (Å²) in [5.74, 6) is 0. The minimum atomic E-state index is -0.513. The molecule has 1 heterocycles. The average molecular weight is 306 g/mol. The van der Waals surface area contributed by atoms with Crippen LogP contribution in [-0.2, 0) is 11.3 Å². The molecule has 122 valence electrons. The first-order valence-corrected chi connectivity index (χ1v) is 7.76. The van der Waals surface area contributed by atoms with Gasteiger partial charge in [-0.1, -0.05) is 30.3 Å². The second-order valence-electron chi connectivity index (χ2n) is 6.91. The first-order valence-electron chi connectivity index (χ1n) is 7.76. The number of piperidine rings is 1. The van der Waals surface area contributed by atoms with E-state index in [1.54, 1.807) is 0 Å². The van der Waals surface area contributed by atoms with E-state index >= 15 is 0 Å². The normalized spacial score (nSPS) is 23.1. The van der Waals surface area contributed by atoms with Crippen LogP contribution in [0.5, 0.6) is 0 Å². The van der Waals surface area contributed by atoms with Crippen molar-refractivity contribution in [2.75, 3.05) is 13.1 Å². The van der Waals surface area contributed by atoms with Gasteiger partial charge >= 0.3 is 6.09 Å². The zero-order valence-corrected chi connectivity index (χ0v) is 13.6. The lowest BCUT2D eigenvalue weighted by molar-refractivity contribution is 0.0292. The number of nitrogens with one attached hydrogen (secondary N) is 1. The van der Waals surface area contributed by atoms with Gasteiger partial charge in [-0.3, -0.25) is 4.90 Å². The Kier molecular flexibility index (Phi) is 5.42. The number of nitrogens with zero attached hydrogens (tertiary/aromatic N) is 1. The topological polar surface area (TPSA) is 61.8 Å². The monoisotopic (exact) mass is 306 g/mol. The van der Waals surface area contributed by atoms with Gasteiger partial charge < -0.3 is 15.2 Å². The van der Waals surface area contributed by atoms with Crippen LogP contribution in [0.2, 0.25) is 0 Å². The van der Waals surface area contributed by atoms with Crippen molar-refractivity contribution in [1.82, 2.24) is 10.2 Å². The molecule has 5 heteroatoms. The van der Waals surface area contributed by atoms with Crippen LogP contribution in [0.3, 0.4) is 0 Å². The van der Waals surface area contributed by atoms with E-state index in [0.29, 0.717) is 19.5 Å². The van der Waals surface area contributed by atoms with Gasteiger partial charge in [0.05, 0.1) is 6.10 Å². The Bertz CT molecular complexity index is 484. The highest BCUT2D eigenvalue weighted by Crippen LogP contribution is 2.15. The van der Waals surface area contributed by atoms with Crippen LogP contribution < -0.4 is 5.32 Å². The summed E-state index contributed by atoms with van der Waals surface area (Å²) in [4.78, 5) is 14.0. The fourth-order valence-electron chi connectivity index (χ4n) is 2.71. The highest BCUT2D eigenvalue weighted by Gasteiger charge is 2.28. The summed E-state index contributed by atoms with van der Waals surface area (Å²) < 4.78 is 5.28. The third-order valence-electron chi connectivity index (χ3n) is 3.47. The summed E-state index contributed by atoms with van der Waals surface area (Å²) >= 11 is 0. The number of hydrogen-bond donors (Lipinski definition) is 2. The van der Waals surface area contributed by atoms with E-state index in [1.165, 1.54) is 5.56 Å². The van der Waals surface area contributed by atoms with Crippen LogP contribution in [0.4, 0.5) is 4.79 Å². The van der Waals surface area contributed by atoms with E-state index in [-0.39, 0.29) is 6.04 Å². The van der Waals surface area contributed by atoms with Gasteiger partial charge in [0.15, 0.2) is 0 Å². The molecule has 1 aliphatic heterocycles. The Morgan fingerprint density at radius 3 is 2.64 bits per heavy atom. The molecule has 22 heavy (non-hydrogen) atoms. The maximum absolute atomic E-state index is 11.9. The molecule has 0 bridgehead atoms. The first kappa shape index (κ1) is 16.8. The predicted octanol–water partition coefficient (Wildman–Crippen LogP) is 2.15. The summed E-state index contributed by atoms with van der Waals surface area (Å²) in [7, 11) is 0. The number of likely N-dealkylation sites (tertiary alicyclic amines) is 1. The van der Waals surface area contributed by atoms with Crippen LogP contribution >= 0.6 is 0 Å². The van der Waals surface area contributed by atoms with Gasteiger partial charge in [0.1, 0.15) is 5.60 Å². The number of carbonyl (C=O) groups excluding carboxylic acids is 1. The molecule has 1 fully saturated rings. The Balaban J connectivity index is 1.89. The van der Waals surface area contributed by atoms with Gasteiger partial charge in [-0.25, -0.2) is 4.79 Å². The molecule has 5 nitrogen and oxygen atoms in total. The summed E-state index contributed by atoms with van der Waals surface area (Å²) in [6.45, 7) is 7.62. The van der Waals surface area contributed by atoms with Gasteiger partial charge in [-0.2, -0.15) is 0 Å². The number of benzene rings is 1. The van der Waals surface area contributed by atoms with E-state index in [9.17, 15) is 9.90 Å². The number of aliphatic hydroxyl groups is 1. The Hall–Kier alpha value is -1.59. The van der Waals surface area contributed by atoms with Crippen molar-refractivity contribution in [2.24, 2.45) is 0 Å². The molecule has 2 N–H and O–H groups in total. The molecule has 0 saturated carbocycles. The number of aliphatic hydroxyl groups excluding tert-OH is 1. The maximum Gasteiger partial charge on any atom is 0.407 e. The second kappa shape index (κ2) is 7.11. The lowest BCUT2D eigenvalue weighted by Crippen LogP contribution is -2.52. The second-order valence-corrected chi connectivity index (χ2v) is 6.91. The zero-order valence-electron chi connectivity index (χ0n) is 13.6. The van der Waals surface area contributed by atoms with E-state index in [4.69, 9.17) is 4.74 Å². The quantitative estimate of drug-likeness (QED) is 0.898. The summed E-state index contributed by atoms with van der Waals surface area (Å²) in [5.41, 5.74) is 0.689. The van der Waals surface area contributed by atoms with Crippen molar-refractivity contribution >= 4 is 6.09 Å². The Labute approximate surface area is 132 Å². The highest BCUT2D eigenvalue weighted by atomic mass is 16.6. The molecule has 0 radical (unpaired) electrons. The number of hydrogen-bond acceptors (Lipinski definition) is 4. The van der Waals surface area contributed by atoms with Gasteiger partial charge in [-0.15, -0.1) is 0 Å². The molecular weight excluding hydrogens is 280 g/mol. The minimum Gasteiger partial charge on any atom is -0.444 e. The minimum absolute atomic E-state index is 0.0951. The van der Waals surface area contributed by atoms with Gasteiger partial charge in [0, 0.05) is 25.7 Å². The summed E-state index contributed by atoms with van der Waals surface area (Å²) in [5, 5.41) is 12.9. The van der Waals surface area contributed by atoms with Crippen molar-refractivity contribution in [1.29, 1.82) is 0 Å². The number of amides is 1. The molecule has 1 aliphatic rings. The molecular formula is C17H26N2O3. The standard InChI is InChI=1S/C17H26N2O3/c1-17(2,3)22-16(21)18-14-9-15(20)12-19(11-14)10-13-7-5-4-6-8-13/h4-8,14-15,20H,9-12H2,1-3H3,(H,18,21)/t14?,15-/m1/s1. The smallest absolute Gasteiger partial charge is 0.407 e. The predicted molar refractivity (Wildman–Crippen MR) is 85.5 cm³/mol. The molecule has 1 aromatic rings. The van der Waals surface area contributed by atoms with Crippen LogP contribution in [0.15, 0.2) is 30.3 Å². The van der Waals surface area contributed by atoms with E-state index < -0.39 is 17.8 Å². The van der Waals surface area contributed by atoms with Crippen molar-refractivity contribution in [3.05, 3.63) is 35.9 Å². The van der Waals surface area contributed by atoms with Crippen LogP contribution in [0.25, 0.3) is 0 Å². The molecule has 0 aromatic heterocycles. The molecule has 0 aliphatic carbocycles. The Morgan fingerprint density at radius 1 is 1.32 bits per heavy atom. The zero-order chi connectivity index (χ0) is 16.2. The Morgan fingerprint density at radius 2 is 2.00 bits per heavy atom. The molecule has 2 rings (SSSR count). The number of β-amino-alcohol motifs (C(OH)–C–C–N with tert-alkyl or cyclic N) is 1. The fourth-order valence-corrected chi connectivity index (χ4v) is 2.71. The molecule has 0 spiro atoms. The maximum atomic E-state index is 11.9. The van der Waals surface area contributed by atoms with Crippen molar-refractivity contribution in [3.8, 4) is 0 Å². The fraction of sp³-hybridized carbons (Fsp3) is 0.588. The number of alkyl carbamates (subject to hydrolysis) is 1. The van der Waals surface area contributed by atoms with Gasteiger partial charge in [0.2, 0.25) is 0 Å². The number of carbonyl (C=O) groups is 1. The molecule has 1 amide bonds.